The molecule has 0 bridgehead atoms. The molecule has 2 fully saturated rings. The summed E-state index contributed by atoms with van der Waals surface area (Å²) in [6.07, 6.45) is 4.15. The fourth-order valence-corrected chi connectivity index (χ4v) is 3.83. The number of benzene rings is 1. The van der Waals surface area contributed by atoms with Gasteiger partial charge < -0.3 is 24.4 Å². The Morgan fingerprint density at radius 1 is 1.00 bits per heavy atom. The van der Waals surface area contributed by atoms with Crippen LogP contribution < -0.4 is 19.7 Å². The molecule has 0 radical (unpaired) electrons. The zero-order valence-electron chi connectivity index (χ0n) is 15.0. The zero-order chi connectivity index (χ0) is 18.1. The van der Waals surface area contributed by atoms with Crippen LogP contribution in [0.1, 0.15) is 50.1 Å². The van der Waals surface area contributed by atoms with Gasteiger partial charge >= 0.3 is 0 Å². The van der Waals surface area contributed by atoms with Gasteiger partial charge in [0.15, 0.2) is 11.5 Å². The standard InChI is InChI=1S/C18H27NO6/c1-22-14-9-12(10-15(23-2)16(14)24-3)13-11-18(21,25-19-13)17(20)7-5-4-6-8-17/h9-10,13,19-21H,4-8,11H2,1-3H3/t13-,18-/m1/s1. The van der Waals surface area contributed by atoms with Crippen LogP contribution in [0.5, 0.6) is 17.2 Å². The smallest absolute Gasteiger partial charge is 0.215 e. The summed E-state index contributed by atoms with van der Waals surface area (Å²) in [5, 5.41) is 21.8. The second-order valence-electron chi connectivity index (χ2n) is 6.81. The summed E-state index contributed by atoms with van der Waals surface area (Å²) in [5.74, 6) is -0.0388. The highest BCUT2D eigenvalue weighted by Gasteiger charge is 2.55. The van der Waals surface area contributed by atoms with Gasteiger partial charge in [-0.2, -0.15) is 5.48 Å². The number of hydrogen-bond donors (Lipinski definition) is 3. The number of nitrogens with one attached hydrogen (secondary N) is 1. The molecule has 2 atom stereocenters. The molecule has 1 saturated heterocycles. The summed E-state index contributed by atoms with van der Waals surface area (Å²) in [6.45, 7) is 0. The number of aliphatic hydroxyl groups is 2. The first-order valence-corrected chi connectivity index (χ1v) is 8.64. The molecule has 0 unspecified atom stereocenters. The van der Waals surface area contributed by atoms with Crippen molar-refractivity contribution in [2.45, 2.75) is 56.0 Å². The van der Waals surface area contributed by atoms with Crippen molar-refractivity contribution in [3.05, 3.63) is 17.7 Å². The molecule has 1 heterocycles. The maximum absolute atomic E-state index is 10.9. The largest absolute Gasteiger partial charge is 0.493 e. The number of ether oxygens (including phenoxy) is 3. The molecule has 1 aliphatic carbocycles. The molecule has 1 aliphatic heterocycles. The van der Waals surface area contributed by atoms with Crippen LogP contribution in [0.4, 0.5) is 0 Å². The van der Waals surface area contributed by atoms with Gasteiger partial charge in [0.25, 0.3) is 0 Å². The van der Waals surface area contributed by atoms with Crippen molar-refractivity contribution in [2.75, 3.05) is 21.3 Å². The van der Waals surface area contributed by atoms with Crippen LogP contribution in [0, 0.1) is 0 Å². The third-order valence-electron chi connectivity index (χ3n) is 5.35. The van der Waals surface area contributed by atoms with Crippen LogP contribution in [0.2, 0.25) is 0 Å². The van der Waals surface area contributed by atoms with Crippen LogP contribution in [-0.2, 0) is 4.84 Å². The molecule has 1 saturated carbocycles. The van der Waals surface area contributed by atoms with Gasteiger partial charge in [0.2, 0.25) is 11.5 Å². The summed E-state index contributed by atoms with van der Waals surface area (Å²) < 4.78 is 16.1. The molecule has 1 aromatic rings. The van der Waals surface area contributed by atoms with E-state index in [4.69, 9.17) is 19.0 Å². The molecule has 3 rings (SSSR count). The van der Waals surface area contributed by atoms with Gasteiger partial charge in [-0.1, -0.05) is 19.3 Å². The van der Waals surface area contributed by atoms with Gasteiger partial charge in [-0.3, -0.25) is 4.84 Å². The van der Waals surface area contributed by atoms with Crippen molar-refractivity contribution >= 4 is 0 Å². The molecule has 7 heteroatoms. The summed E-state index contributed by atoms with van der Waals surface area (Å²) in [6, 6.07) is 3.34. The second kappa shape index (κ2) is 6.99. The van der Waals surface area contributed by atoms with E-state index in [9.17, 15) is 10.2 Å². The minimum absolute atomic E-state index is 0.238. The van der Waals surface area contributed by atoms with Crippen molar-refractivity contribution in [2.24, 2.45) is 0 Å². The first-order valence-electron chi connectivity index (χ1n) is 8.64. The Morgan fingerprint density at radius 3 is 2.12 bits per heavy atom. The van der Waals surface area contributed by atoms with Crippen LogP contribution in [0.3, 0.4) is 0 Å². The summed E-state index contributed by atoms with van der Waals surface area (Å²) in [4.78, 5) is 5.50. The van der Waals surface area contributed by atoms with Gasteiger partial charge in [0.05, 0.1) is 27.4 Å². The lowest BCUT2D eigenvalue weighted by Crippen LogP contribution is -2.55. The van der Waals surface area contributed by atoms with E-state index < -0.39 is 11.4 Å². The SMILES string of the molecule is COc1cc([C@H]2C[C@](O)(C3(O)CCCCC3)ON2)cc(OC)c1OC. The fraction of sp³-hybridized carbons (Fsp3) is 0.667. The van der Waals surface area contributed by atoms with Crippen molar-refractivity contribution in [1.82, 2.24) is 5.48 Å². The Labute approximate surface area is 147 Å². The second-order valence-corrected chi connectivity index (χ2v) is 6.81. The first kappa shape index (κ1) is 18.3. The lowest BCUT2D eigenvalue weighted by Gasteiger charge is -2.41. The molecule has 0 spiro atoms. The van der Waals surface area contributed by atoms with Crippen molar-refractivity contribution in [1.29, 1.82) is 0 Å². The number of rotatable bonds is 5. The Bertz CT molecular complexity index is 591. The summed E-state index contributed by atoms with van der Waals surface area (Å²) in [5.41, 5.74) is 2.46. The molecule has 0 aromatic heterocycles. The van der Waals surface area contributed by atoms with Gasteiger partial charge in [0, 0.05) is 6.42 Å². The zero-order valence-corrected chi connectivity index (χ0v) is 15.0. The van der Waals surface area contributed by atoms with Crippen molar-refractivity contribution < 1.29 is 29.3 Å². The van der Waals surface area contributed by atoms with Crippen LogP contribution >= 0.6 is 0 Å². The summed E-state index contributed by atoms with van der Waals surface area (Å²) in [7, 11) is 4.66. The molecule has 7 nitrogen and oxygen atoms in total. The third-order valence-corrected chi connectivity index (χ3v) is 5.35. The van der Waals surface area contributed by atoms with Gasteiger partial charge in [0.1, 0.15) is 5.60 Å². The van der Waals surface area contributed by atoms with Gasteiger partial charge in [-0.25, -0.2) is 0 Å². The van der Waals surface area contributed by atoms with Crippen LogP contribution in [0.15, 0.2) is 12.1 Å². The molecule has 140 valence electrons. The van der Waals surface area contributed by atoms with E-state index in [-0.39, 0.29) is 12.5 Å². The highest BCUT2D eigenvalue weighted by atomic mass is 16.8. The molecule has 0 amide bonds. The molecular formula is C18H27NO6. The fourth-order valence-electron chi connectivity index (χ4n) is 3.83. The minimum Gasteiger partial charge on any atom is -0.493 e. The predicted molar refractivity (Wildman–Crippen MR) is 90.7 cm³/mol. The molecule has 2 aliphatic rings. The quantitative estimate of drug-likeness (QED) is 0.746. The lowest BCUT2D eigenvalue weighted by atomic mass is 9.76. The lowest BCUT2D eigenvalue weighted by molar-refractivity contribution is -0.303. The van der Waals surface area contributed by atoms with Crippen molar-refractivity contribution in [3.63, 3.8) is 0 Å². The number of methoxy groups -OCH3 is 3. The topological polar surface area (TPSA) is 89.4 Å². The Morgan fingerprint density at radius 2 is 1.60 bits per heavy atom. The first-order chi connectivity index (χ1) is 12.0. The third kappa shape index (κ3) is 3.17. The monoisotopic (exact) mass is 353 g/mol. The minimum atomic E-state index is -1.61. The van der Waals surface area contributed by atoms with Gasteiger partial charge in [-0.15, -0.1) is 0 Å². The molecular weight excluding hydrogens is 326 g/mol. The molecule has 3 N–H and O–H groups in total. The maximum Gasteiger partial charge on any atom is 0.215 e. The summed E-state index contributed by atoms with van der Waals surface area (Å²) >= 11 is 0. The average Bonchev–Trinajstić information content (AvgIpc) is 3.05. The average molecular weight is 353 g/mol. The van der Waals surface area contributed by atoms with Crippen LogP contribution in [-0.4, -0.2) is 42.9 Å². The molecule has 1 aromatic carbocycles. The van der Waals surface area contributed by atoms with E-state index in [1.165, 1.54) is 0 Å². The van der Waals surface area contributed by atoms with E-state index >= 15 is 0 Å². The Kier molecular flexibility index (Phi) is 5.11. The Balaban J connectivity index is 1.86. The number of hydroxylamine groups is 1. The van der Waals surface area contributed by atoms with E-state index in [0.29, 0.717) is 30.1 Å². The van der Waals surface area contributed by atoms with Gasteiger partial charge in [-0.05, 0) is 30.5 Å². The highest BCUT2D eigenvalue weighted by Crippen LogP contribution is 2.47. The maximum atomic E-state index is 10.9. The van der Waals surface area contributed by atoms with E-state index in [2.05, 4.69) is 5.48 Å². The molecule has 25 heavy (non-hydrogen) atoms. The Hall–Kier alpha value is -1.54. The van der Waals surface area contributed by atoms with Crippen LogP contribution in [0.25, 0.3) is 0 Å². The van der Waals surface area contributed by atoms with Crippen molar-refractivity contribution in [3.8, 4) is 17.2 Å². The van der Waals surface area contributed by atoms with E-state index in [1.807, 2.05) is 12.1 Å². The van der Waals surface area contributed by atoms with E-state index in [1.54, 1.807) is 21.3 Å². The normalized spacial score (nSPS) is 28.6. The highest BCUT2D eigenvalue weighted by molar-refractivity contribution is 5.54. The van der Waals surface area contributed by atoms with E-state index in [0.717, 1.165) is 24.8 Å². The number of hydrogen-bond acceptors (Lipinski definition) is 7. The predicted octanol–water partition coefficient (Wildman–Crippen LogP) is 2.06.